The Morgan fingerprint density at radius 3 is 2.21 bits per heavy atom. The highest BCUT2D eigenvalue weighted by atomic mass is 15.3. The summed E-state index contributed by atoms with van der Waals surface area (Å²) in [4.78, 5) is 4.95. The lowest BCUT2D eigenvalue weighted by atomic mass is 10.3. The standard InChI is InChI=1S/C14H29N5/c1-4-17(5-2)9-7-10-18(6-3)12-13-19-11-8-14(15)16-19/h8,11H,4-7,9-10,12-13H2,1-3H3,(H2,15,16). The van der Waals surface area contributed by atoms with Crippen LogP contribution in [0, 0.1) is 0 Å². The maximum absolute atomic E-state index is 5.61. The molecule has 0 amide bonds. The van der Waals surface area contributed by atoms with Crippen LogP contribution < -0.4 is 5.73 Å². The minimum absolute atomic E-state index is 0.601. The van der Waals surface area contributed by atoms with E-state index in [1.54, 1.807) is 0 Å². The maximum Gasteiger partial charge on any atom is 0.145 e. The largest absolute Gasteiger partial charge is 0.382 e. The van der Waals surface area contributed by atoms with Gasteiger partial charge in [-0.3, -0.25) is 4.68 Å². The Bertz CT molecular complexity index is 332. The predicted octanol–water partition coefficient (Wildman–Crippen LogP) is 1.52. The molecule has 5 heteroatoms. The number of nitrogens with zero attached hydrogens (tertiary/aromatic N) is 4. The van der Waals surface area contributed by atoms with Crippen LogP contribution in [0.1, 0.15) is 27.2 Å². The average Bonchev–Trinajstić information content (AvgIpc) is 2.84. The Morgan fingerprint density at radius 2 is 1.68 bits per heavy atom. The van der Waals surface area contributed by atoms with Gasteiger partial charge in [0.15, 0.2) is 0 Å². The number of hydrogen-bond acceptors (Lipinski definition) is 4. The molecule has 0 unspecified atom stereocenters. The summed E-state index contributed by atoms with van der Waals surface area (Å²) in [5, 5.41) is 4.21. The second kappa shape index (κ2) is 8.93. The highest BCUT2D eigenvalue weighted by molar-refractivity contribution is 5.23. The molecular weight excluding hydrogens is 238 g/mol. The summed E-state index contributed by atoms with van der Waals surface area (Å²) in [6, 6.07) is 1.84. The van der Waals surface area contributed by atoms with Gasteiger partial charge in [-0.2, -0.15) is 5.10 Å². The first kappa shape index (κ1) is 16.0. The fourth-order valence-corrected chi connectivity index (χ4v) is 2.23. The first-order valence-electron chi connectivity index (χ1n) is 7.43. The Hall–Kier alpha value is -1.07. The first-order valence-corrected chi connectivity index (χ1v) is 7.43. The molecule has 0 aliphatic heterocycles. The van der Waals surface area contributed by atoms with Gasteiger partial charge in [0.2, 0.25) is 0 Å². The van der Waals surface area contributed by atoms with E-state index in [2.05, 4.69) is 35.7 Å². The Morgan fingerprint density at radius 1 is 1.05 bits per heavy atom. The predicted molar refractivity (Wildman–Crippen MR) is 81.2 cm³/mol. The molecule has 2 N–H and O–H groups in total. The SMILES string of the molecule is CCN(CC)CCCN(CC)CCn1ccc(N)n1. The van der Waals surface area contributed by atoms with E-state index in [1.165, 1.54) is 13.0 Å². The molecule has 19 heavy (non-hydrogen) atoms. The van der Waals surface area contributed by atoms with E-state index >= 15 is 0 Å². The lowest BCUT2D eigenvalue weighted by Gasteiger charge is -2.23. The van der Waals surface area contributed by atoms with E-state index in [9.17, 15) is 0 Å². The van der Waals surface area contributed by atoms with Crippen LogP contribution in [0.3, 0.4) is 0 Å². The van der Waals surface area contributed by atoms with Gasteiger partial charge in [0, 0.05) is 12.7 Å². The summed E-state index contributed by atoms with van der Waals surface area (Å²) >= 11 is 0. The van der Waals surface area contributed by atoms with Gasteiger partial charge in [-0.15, -0.1) is 0 Å². The number of likely N-dealkylation sites (N-methyl/N-ethyl adjacent to an activating group) is 1. The van der Waals surface area contributed by atoms with Crippen molar-refractivity contribution < 1.29 is 0 Å². The summed E-state index contributed by atoms with van der Waals surface area (Å²) in [5.41, 5.74) is 5.61. The molecular formula is C14H29N5. The summed E-state index contributed by atoms with van der Waals surface area (Å²) in [7, 11) is 0. The van der Waals surface area contributed by atoms with Gasteiger partial charge in [0.05, 0.1) is 6.54 Å². The molecule has 0 saturated heterocycles. The quantitative estimate of drug-likeness (QED) is 0.698. The Labute approximate surface area is 117 Å². The molecule has 110 valence electrons. The topological polar surface area (TPSA) is 50.3 Å². The number of nitrogens with two attached hydrogens (primary N) is 1. The molecule has 0 aliphatic rings. The number of nitrogen functional groups attached to an aromatic ring is 1. The van der Waals surface area contributed by atoms with E-state index in [1.807, 2.05) is 16.9 Å². The van der Waals surface area contributed by atoms with Crippen molar-refractivity contribution in [3.05, 3.63) is 12.3 Å². The summed E-state index contributed by atoms with van der Waals surface area (Å²) in [5.74, 6) is 0.601. The van der Waals surface area contributed by atoms with E-state index in [0.29, 0.717) is 5.82 Å². The molecule has 0 aromatic carbocycles. The first-order chi connectivity index (χ1) is 9.19. The molecule has 0 spiro atoms. The number of anilines is 1. The minimum Gasteiger partial charge on any atom is -0.382 e. The molecule has 0 radical (unpaired) electrons. The smallest absolute Gasteiger partial charge is 0.145 e. The van der Waals surface area contributed by atoms with Crippen LogP contribution in [0.4, 0.5) is 5.82 Å². The van der Waals surface area contributed by atoms with E-state index in [-0.39, 0.29) is 0 Å². The zero-order valence-corrected chi connectivity index (χ0v) is 12.7. The highest BCUT2D eigenvalue weighted by Crippen LogP contribution is 1.99. The molecule has 1 heterocycles. The van der Waals surface area contributed by atoms with Crippen LogP contribution in [-0.2, 0) is 6.54 Å². The van der Waals surface area contributed by atoms with Gasteiger partial charge in [0.25, 0.3) is 0 Å². The fraction of sp³-hybridized carbons (Fsp3) is 0.786. The van der Waals surface area contributed by atoms with Gasteiger partial charge in [0.1, 0.15) is 5.82 Å². The van der Waals surface area contributed by atoms with Crippen LogP contribution in [0.15, 0.2) is 12.3 Å². The molecule has 1 rings (SSSR count). The van der Waals surface area contributed by atoms with Gasteiger partial charge in [-0.25, -0.2) is 0 Å². The van der Waals surface area contributed by atoms with Crippen molar-refractivity contribution in [2.75, 3.05) is 45.0 Å². The number of aromatic nitrogens is 2. The number of hydrogen-bond donors (Lipinski definition) is 1. The third-order valence-electron chi connectivity index (χ3n) is 3.60. The van der Waals surface area contributed by atoms with E-state index in [4.69, 9.17) is 5.73 Å². The Balaban J connectivity index is 2.22. The average molecular weight is 267 g/mol. The van der Waals surface area contributed by atoms with Crippen molar-refractivity contribution >= 4 is 5.82 Å². The van der Waals surface area contributed by atoms with Crippen molar-refractivity contribution in [1.29, 1.82) is 0 Å². The summed E-state index contributed by atoms with van der Waals surface area (Å²) in [6.07, 6.45) is 3.18. The highest BCUT2D eigenvalue weighted by Gasteiger charge is 2.05. The van der Waals surface area contributed by atoms with Crippen molar-refractivity contribution in [3.63, 3.8) is 0 Å². The molecule has 5 nitrogen and oxygen atoms in total. The Kier molecular flexibility index (Phi) is 7.52. The minimum atomic E-state index is 0.601. The molecule has 1 aromatic rings. The molecule has 0 saturated carbocycles. The normalized spacial score (nSPS) is 11.6. The lowest BCUT2D eigenvalue weighted by molar-refractivity contribution is 0.235. The van der Waals surface area contributed by atoms with Gasteiger partial charge in [-0.05, 0) is 45.2 Å². The van der Waals surface area contributed by atoms with Crippen molar-refractivity contribution in [2.24, 2.45) is 0 Å². The summed E-state index contributed by atoms with van der Waals surface area (Å²) < 4.78 is 1.92. The van der Waals surface area contributed by atoms with Crippen molar-refractivity contribution in [1.82, 2.24) is 19.6 Å². The van der Waals surface area contributed by atoms with Gasteiger partial charge in [-0.1, -0.05) is 20.8 Å². The second-order valence-corrected chi connectivity index (χ2v) is 4.82. The molecule has 0 bridgehead atoms. The summed E-state index contributed by atoms with van der Waals surface area (Å²) in [6.45, 7) is 14.4. The third-order valence-corrected chi connectivity index (χ3v) is 3.60. The lowest BCUT2D eigenvalue weighted by Crippen LogP contribution is -2.32. The molecule has 0 atom stereocenters. The fourth-order valence-electron chi connectivity index (χ4n) is 2.23. The van der Waals surface area contributed by atoms with Crippen LogP contribution >= 0.6 is 0 Å². The second-order valence-electron chi connectivity index (χ2n) is 4.82. The zero-order valence-electron chi connectivity index (χ0n) is 12.7. The third kappa shape index (κ3) is 6.07. The van der Waals surface area contributed by atoms with Crippen molar-refractivity contribution in [3.8, 4) is 0 Å². The maximum atomic E-state index is 5.61. The molecule has 0 fully saturated rings. The monoisotopic (exact) mass is 267 g/mol. The molecule has 0 aliphatic carbocycles. The van der Waals surface area contributed by atoms with Crippen LogP contribution in [-0.4, -0.2) is 58.8 Å². The molecule has 1 aromatic heterocycles. The van der Waals surface area contributed by atoms with Gasteiger partial charge < -0.3 is 15.5 Å². The van der Waals surface area contributed by atoms with Crippen LogP contribution in [0.2, 0.25) is 0 Å². The van der Waals surface area contributed by atoms with E-state index in [0.717, 1.165) is 39.3 Å². The van der Waals surface area contributed by atoms with Crippen LogP contribution in [0.5, 0.6) is 0 Å². The van der Waals surface area contributed by atoms with Crippen molar-refractivity contribution in [2.45, 2.75) is 33.7 Å². The van der Waals surface area contributed by atoms with E-state index < -0.39 is 0 Å². The zero-order chi connectivity index (χ0) is 14.1. The van der Waals surface area contributed by atoms with Gasteiger partial charge >= 0.3 is 0 Å². The van der Waals surface area contributed by atoms with Crippen LogP contribution in [0.25, 0.3) is 0 Å². The number of rotatable bonds is 10.